The molecule has 0 atom stereocenters. The van der Waals surface area contributed by atoms with E-state index in [1.165, 1.54) is 12.8 Å². The Morgan fingerprint density at radius 2 is 2.30 bits per heavy atom. The number of rotatable bonds is 3. The van der Waals surface area contributed by atoms with Crippen molar-refractivity contribution in [3.63, 3.8) is 0 Å². The van der Waals surface area contributed by atoms with Crippen LogP contribution in [-0.4, -0.2) is 22.3 Å². The Labute approximate surface area is 72.4 Å². The summed E-state index contributed by atoms with van der Waals surface area (Å²) < 4.78 is 2.16. The molecule has 0 bridgehead atoms. The van der Waals surface area contributed by atoms with Gasteiger partial charge in [-0.15, -0.1) is 0 Å². The van der Waals surface area contributed by atoms with Crippen molar-refractivity contribution >= 4 is 17.4 Å². The van der Waals surface area contributed by atoms with Gasteiger partial charge < -0.3 is 0 Å². The van der Waals surface area contributed by atoms with Crippen LogP contribution < -0.4 is 4.57 Å². The molecule has 0 saturated carbocycles. The first-order valence-corrected chi connectivity index (χ1v) is 3.45. The molecule has 0 aliphatic carbocycles. The van der Waals surface area contributed by atoms with Crippen LogP contribution >= 0.6 is 0 Å². The molecule has 1 aromatic heterocycles. The molecule has 2 nitrogen and oxygen atoms in total. The molecule has 0 spiro atoms. The third-order valence-corrected chi connectivity index (χ3v) is 1.37. The number of imidazole rings is 1. The number of hydrogen-bond donors (Lipinski definition) is 1. The van der Waals surface area contributed by atoms with Gasteiger partial charge in [0, 0.05) is 0 Å². The summed E-state index contributed by atoms with van der Waals surface area (Å²) >= 11 is 0. The van der Waals surface area contributed by atoms with E-state index < -0.39 is 0 Å². The van der Waals surface area contributed by atoms with E-state index in [1.807, 2.05) is 12.5 Å². The molecular formula is C7H13AlN2+4. The van der Waals surface area contributed by atoms with Crippen LogP contribution in [0.25, 0.3) is 0 Å². The van der Waals surface area contributed by atoms with E-state index in [2.05, 4.69) is 22.7 Å². The fourth-order valence-corrected chi connectivity index (χ4v) is 0.800. The SMILES string of the molecule is CCCC[n+]1cc[nH]c1.[Al+3]. The molecule has 0 fully saturated rings. The van der Waals surface area contributed by atoms with Crippen molar-refractivity contribution in [3.05, 3.63) is 18.7 Å². The monoisotopic (exact) mass is 152 g/mol. The van der Waals surface area contributed by atoms with Gasteiger partial charge in [-0.3, -0.25) is 4.98 Å². The molecule has 0 saturated heterocycles. The minimum Gasteiger partial charge on any atom is -0.250 e. The molecule has 1 N–H and O–H groups in total. The largest absolute Gasteiger partial charge is 3.00 e. The van der Waals surface area contributed by atoms with Crippen molar-refractivity contribution in [2.75, 3.05) is 0 Å². The first-order valence-electron chi connectivity index (χ1n) is 3.45. The van der Waals surface area contributed by atoms with Gasteiger partial charge in [-0.25, -0.2) is 4.57 Å². The third-order valence-electron chi connectivity index (χ3n) is 1.37. The molecule has 1 heterocycles. The van der Waals surface area contributed by atoms with E-state index in [9.17, 15) is 0 Å². The normalized spacial score (nSPS) is 8.90. The molecule has 10 heavy (non-hydrogen) atoms. The molecule has 0 aromatic carbocycles. The Hall–Kier alpha value is -0.258. The first-order chi connectivity index (χ1) is 4.43. The van der Waals surface area contributed by atoms with Crippen LogP contribution in [0.5, 0.6) is 0 Å². The molecule has 1 aromatic rings. The summed E-state index contributed by atoms with van der Waals surface area (Å²) in [4.78, 5) is 3.00. The Bertz CT molecular complexity index is 149. The molecule has 3 heteroatoms. The van der Waals surface area contributed by atoms with E-state index in [-0.39, 0.29) is 17.4 Å². The van der Waals surface area contributed by atoms with Gasteiger partial charge in [-0.05, 0) is 6.42 Å². The van der Waals surface area contributed by atoms with E-state index in [0.717, 1.165) is 6.54 Å². The van der Waals surface area contributed by atoms with Crippen LogP contribution in [-0.2, 0) is 6.54 Å². The van der Waals surface area contributed by atoms with Crippen molar-refractivity contribution in [1.82, 2.24) is 4.98 Å². The molecule has 0 aliphatic heterocycles. The Balaban J connectivity index is 0.000000810. The summed E-state index contributed by atoms with van der Waals surface area (Å²) in [5, 5.41) is 0. The van der Waals surface area contributed by atoms with Crippen molar-refractivity contribution in [2.24, 2.45) is 0 Å². The zero-order chi connectivity index (χ0) is 6.53. The van der Waals surface area contributed by atoms with E-state index >= 15 is 0 Å². The number of aryl methyl sites for hydroxylation is 1. The van der Waals surface area contributed by atoms with Crippen LogP contribution in [0.15, 0.2) is 18.7 Å². The van der Waals surface area contributed by atoms with Crippen LogP contribution in [0.4, 0.5) is 0 Å². The summed E-state index contributed by atoms with van der Waals surface area (Å²) in [6.07, 6.45) is 8.50. The summed E-state index contributed by atoms with van der Waals surface area (Å²) in [6, 6.07) is 0. The molecule has 0 aliphatic rings. The Kier molecular flexibility index (Phi) is 5.38. The average Bonchev–Trinajstić information content (AvgIpc) is 2.34. The van der Waals surface area contributed by atoms with Crippen molar-refractivity contribution in [2.45, 2.75) is 26.3 Å². The second kappa shape index (κ2) is 5.52. The fraction of sp³-hybridized carbons (Fsp3) is 0.571. The van der Waals surface area contributed by atoms with Gasteiger partial charge >= 0.3 is 17.4 Å². The Morgan fingerprint density at radius 3 is 2.80 bits per heavy atom. The molecular weight excluding hydrogens is 139 g/mol. The van der Waals surface area contributed by atoms with Crippen molar-refractivity contribution < 1.29 is 4.57 Å². The number of H-pyrrole nitrogens is 1. The van der Waals surface area contributed by atoms with Gasteiger partial charge in [0.2, 0.25) is 6.33 Å². The average molecular weight is 152 g/mol. The zero-order valence-electron chi connectivity index (χ0n) is 6.38. The minimum absolute atomic E-state index is 0. The van der Waals surface area contributed by atoms with E-state index in [0.29, 0.717) is 0 Å². The number of aromatic nitrogens is 2. The third kappa shape index (κ3) is 3.05. The maximum Gasteiger partial charge on any atom is 3.00 e. The van der Waals surface area contributed by atoms with E-state index in [1.54, 1.807) is 0 Å². The zero-order valence-corrected chi connectivity index (χ0v) is 7.53. The van der Waals surface area contributed by atoms with Crippen LogP contribution in [0.2, 0.25) is 0 Å². The van der Waals surface area contributed by atoms with Gasteiger partial charge in [-0.2, -0.15) is 0 Å². The van der Waals surface area contributed by atoms with E-state index in [4.69, 9.17) is 0 Å². The molecule has 1 rings (SSSR count). The topological polar surface area (TPSA) is 19.7 Å². The minimum atomic E-state index is 0. The van der Waals surface area contributed by atoms with Gasteiger partial charge in [0.05, 0.1) is 6.54 Å². The Morgan fingerprint density at radius 1 is 1.50 bits per heavy atom. The van der Waals surface area contributed by atoms with Gasteiger partial charge in [0.15, 0.2) is 0 Å². The predicted molar refractivity (Wildman–Crippen MR) is 41.6 cm³/mol. The van der Waals surface area contributed by atoms with Gasteiger partial charge in [0.1, 0.15) is 12.4 Å². The maximum absolute atomic E-state index is 3.00. The summed E-state index contributed by atoms with van der Waals surface area (Å²) in [6.45, 7) is 3.34. The second-order valence-electron chi connectivity index (χ2n) is 2.20. The van der Waals surface area contributed by atoms with Crippen molar-refractivity contribution in [1.29, 1.82) is 0 Å². The quantitative estimate of drug-likeness (QED) is 0.486. The van der Waals surface area contributed by atoms with Crippen LogP contribution in [0, 0.1) is 0 Å². The predicted octanol–water partition coefficient (Wildman–Crippen LogP) is 0.722. The number of nitrogens with one attached hydrogen (secondary N) is 1. The summed E-state index contributed by atoms with van der Waals surface area (Å²) in [7, 11) is 0. The van der Waals surface area contributed by atoms with Crippen molar-refractivity contribution in [3.8, 4) is 0 Å². The number of aromatic amines is 1. The first kappa shape index (κ1) is 9.74. The molecule has 50 valence electrons. The number of unbranched alkanes of at least 4 members (excludes halogenated alkanes) is 1. The molecule has 0 unspecified atom stereocenters. The molecule has 0 radical (unpaired) electrons. The summed E-state index contributed by atoms with van der Waals surface area (Å²) in [5.41, 5.74) is 0. The van der Waals surface area contributed by atoms with Crippen LogP contribution in [0.1, 0.15) is 19.8 Å². The maximum atomic E-state index is 3.00. The standard InChI is InChI=1S/C7H12N2.Al/c1-2-3-5-9-6-4-8-7-9;/h4,6-7H,2-3,5H2,1H3;/q;+3/p+1. The fourth-order valence-electron chi connectivity index (χ4n) is 0.800. The number of nitrogens with zero attached hydrogens (tertiary/aromatic N) is 1. The summed E-state index contributed by atoms with van der Waals surface area (Å²) in [5.74, 6) is 0. The molecule has 0 amide bonds. The van der Waals surface area contributed by atoms with Gasteiger partial charge in [-0.1, -0.05) is 13.3 Å². The number of hydrogen-bond acceptors (Lipinski definition) is 0. The van der Waals surface area contributed by atoms with Gasteiger partial charge in [0.25, 0.3) is 0 Å². The van der Waals surface area contributed by atoms with Crippen LogP contribution in [0.3, 0.4) is 0 Å². The second-order valence-corrected chi connectivity index (χ2v) is 2.20. The smallest absolute Gasteiger partial charge is 0.250 e.